The highest BCUT2D eigenvalue weighted by Crippen LogP contribution is 1.95. The van der Waals surface area contributed by atoms with E-state index in [1.807, 2.05) is 0 Å². The summed E-state index contributed by atoms with van der Waals surface area (Å²) in [6.07, 6.45) is 3.55. The summed E-state index contributed by atoms with van der Waals surface area (Å²) < 4.78 is 0. The summed E-state index contributed by atoms with van der Waals surface area (Å²) in [6.45, 7) is 8.12. The molecule has 0 aromatic rings. The minimum absolute atomic E-state index is 0.236. The van der Waals surface area contributed by atoms with Crippen molar-refractivity contribution in [3.05, 3.63) is 37.0 Å². The molecule has 0 aromatic heterocycles. The van der Waals surface area contributed by atoms with Gasteiger partial charge in [-0.25, -0.2) is 0 Å². The van der Waals surface area contributed by atoms with Crippen LogP contribution in [0.1, 0.15) is 6.92 Å². The quantitative estimate of drug-likeness (QED) is 0.568. The Morgan fingerprint density at radius 1 is 1.18 bits per heavy atom. The summed E-state index contributed by atoms with van der Waals surface area (Å²) in [5.74, 6) is -0.502. The molecule has 0 aliphatic carbocycles. The molecule has 0 aliphatic heterocycles. The van der Waals surface area contributed by atoms with Crippen LogP contribution in [0.5, 0.6) is 0 Å². The molecular formula is C9H10O2. The lowest BCUT2D eigenvalue weighted by Gasteiger charge is -1.90. The fourth-order valence-electron chi connectivity index (χ4n) is 0.504. The molecule has 0 atom stereocenters. The standard InChI is InChI=1S/C9H10O2/c1-4-8(10)6-7(3)9(11)5-2/h4-6H,1-2H2,3H3/b7-6+. The molecule has 0 unspecified atom stereocenters. The van der Waals surface area contributed by atoms with Crippen LogP contribution in [0.3, 0.4) is 0 Å². The van der Waals surface area contributed by atoms with Crippen LogP contribution in [0.2, 0.25) is 0 Å². The molecule has 0 bridgehead atoms. The summed E-state index contributed by atoms with van der Waals surface area (Å²) in [5.41, 5.74) is 0.380. The number of hydrogen-bond donors (Lipinski definition) is 0. The lowest BCUT2D eigenvalue weighted by atomic mass is 10.1. The highest BCUT2D eigenvalue weighted by Gasteiger charge is 1.99. The first-order valence-corrected chi connectivity index (χ1v) is 3.13. The molecule has 0 rings (SSSR count). The third-order valence-corrected chi connectivity index (χ3v) is 1.13. The Morgan fingerprint density at radius 2 is 1.73 bits per heavy atom. The predicted octanol–water partition coefficient (Wildman–Crippen LogP) is 1.44. The molecule has 58 valence electrons. The maximum atomic E-state index is 10.8. The summed E-state index contributed by atoms with van der Waals surface area (Å²) >= 11 is 0. The van der Waals surface area contributed by atoms with E-state index in [9.17, 15) is 9.59 Å². The van der Waals surface area contributed by atoms with Crippen LogP contribution in [0, 0.1) is 0 Å². The molecule has 0 amide bonds. The molecule has 0 radical (unpaired) electrons. The number of carbonyl (C=O) groups excluding carboxylic acids is 2. The van der Waals surface area contributed by atoms with Crippen molar-refractivity contribution in [2.24, 2.45) is 0 Å². The van der Waals surface area contributed by atoms with Gasteiger partial charge in [0, 0.05) is 5.57 Å². The second-order valence-electron chi connectivity index (χ2n) is 2.00. The maximum absolute atomic E-state index is 10.8. The zero-order chi connectivity index (χ0) is 8.85. The van der Waals surface area contributed by atoms with Gasteiger partial charge in [-0.15, -0.1) is 0 Å². The first-order chi connectivity index (χ1) is 5.11. The number of allylic oxidation sites excluding steroid dienone is 4. The number of hydrogen-bond acceptors (Lipinski definition) is 2. The highest BCUT2D eigenvalue weighted by atomic mass is 16.1. The Bertz CT molecular complexity index is 234. The predicted molar refractivity (Wildman–Crippen MR) is 44.2 cm³/mol. The molecule has 0 saturated carbocycles. The van der Waals surface area contributed by atoms with Crippen molar-refractivity contribution < 1.29 is 9.59 Å². The van der Waals surface area contributed by atoms with Gasteiger partial charge in [-0.2, -0.15) is 0 Å². The maximum Gasteiger partial charge on any atom is 0.181 e. The van der Waals surface area contributed by atoms with Gasteiger partial charge in [0.25, 0.3) is 0 Å². The third-order valence-electron chi connectivity index (χ3n) is 1.13. The lowest BCUT2D eigenvalue weighted by Crippen LogP contribution is -1.96. The van der Waals surface area contributed by atoms with Gasteiger partial charge in [0.2, 0.25) is 0 Å². The largest absolute Gasteiger partial charge is 0.290 e. The normalized spacial score (nSPS) is 10.5. The molecule has 0 spiro atoms. The average molecular weight is 150 g/mol. The number of rotatable bonds is 4. The molecule has 0 N–H and O–H groups in total. The number of carbonyl (C=O) groups is 2. The van der Waals surface area contributed by atoms with E-state index >= 15 is 0 Å². The van der Waals surface area contributed by atoms with Crippen molar-refractivity contribution >= 4 is 11.6 Å². The van der Waals surface area contributed by atoms with Crippen LogP contribution in [0.4, 0.5) is 0 Å². The molecule has 2 nitrogen and oxygen atoms in total. The van der Waals surface area contributed by atoms with Gasteiger partial charge in [0.15, 0.2) is 11.6 Å². The summed E-state index contributed by atoms with van der Waals surface area (Å²) in [4.78, 5) is 21.5. The van der Waals surface area contributed by atoms with Crippen molar-refractivity contribution in [2.75, 3.05) is 0 Å². The van der Waals surface area contributed by atoms with Crippen LogP contribution in [-0.4, -0.2) is 11.6 Å². The van der Waals surface area contributed by atoms with E-state index in [0.717, 1.165) is 6.08 Å². The first-order valence-electron chi connectivity index (χ1n) is 3.13. The second kappa shape index (κ2) is 4.39. The van der Waals surface area contributed by atoms with Crippen LogP contribution in [0.15, 0.2) is 37.0 Å². The Balaban J connectivity index is 4.45. The topological polar surface area (TPSA) is 34.1 Å². The zero-order valence-electron chi connectivity index (χ0n) is 6.46. The minimum atomic E-state index is -0.266. The smallest absolute Gasteiger partial charge is 0.181 e. The lowest BCUT2D eigenvalue weighted by molar-refractivity contribution is -0.113. The van der Waals surface area contributed by atoms with Gasteiger partial charge in [0.1, 0.15) is 0 Å². The monoisotopic (exact) mass is 150 g/mol. The molecule has 11 heavy (non-hydrogen) atoms. The van der Waals surface area contributed by atoms with Gasteiger partial charge in [-0.1, -0.05) is 13.2 Å². The first kappa shape index (κ1) is 9.56. The summed E-state index contributed by atoms with van der Waals surface area (Å²) in [7, 11) is 0. The van der Waals surface area contributed by atoms with Crippen LogP contribution in [0.25, 0.3) is 0 Å². The molecule has 0 heterocycles. The van der Waals surface area contributed by atoms with Gasteiger partial charge in [-0.05, 0) is 25.2 Å². The molecule has 0 fully saturated rings. The SMILES string of the molecule is C=CC(=O)/C=C(\C)C(=O)C=C. The van der Waals surface area contributed by atoms with E-state index in [1.54, 1.807) is 6.92 Å². The van der Waals surface area contributed by atoms with Crippen LogP contribution < -0.4 is 0 Å². The molecule has 0 aromatic carbocycles. The van der Waals surface area contributed by atoms with E-state index in [-0.39, 0.29) is 11.6 Å². The van der Waals surface area contributed by atoms with Gasteiger partial charge in [0.05, 0.1) is 0 Å². The van der Waals surface area contributed by atoms with Crippen LogP contribution >= 0.6 is 0 Å². The van der Waals surface area contributed by atoms with E-state index < -0.39 is 0 Å². The van der Waals surface area contributed by atoms with E-state index in [1.165, 1.54) is 12.2 Å². The summed E-state index contributed by atoms with van der Waals surface area (Å²) in [6, 6.07) is 0. The van der Waals surface area contributed by atoms with Crippen molar-refractivity contribution in [3.8, 4) is 0 Å². The van der Waals surface area contributed by atoms with Gasteiger partial charge >= 0.3 is 0 Å². The van der Waals surface area contributed by atoms with Crippen molar-refractivity contribution in [3.63, 3.8) is 0 Å². The second-order valence-corrected chi connectivity index (χ2v) is 2.00. The van der Waals surface area contributed by atoms with Crippen molar-refractivity contribution in [2.45, 2.75) is 6.92 Å². The molecular weight excluding hydrogens is 140 g/mol. The molecule has 2 heteroatoms. The fourth-order valence-corrected chi connectivity index (χ4v) is 0.504. The number of ketones is 2. The Hall–Kier alpha value is -1.44. The Morgan fingerprint density at radius 3 is 2.09 bits per heavy atom. The Labute approximate surface area is 65.9 Å². The van der Waals surface area contributed by atoms with Crippen LogP contribution in [-0.2, 0) is 9.59 Å². The van der Waals surface area contributed by atoms with E-state index in [0.29, 0.717) is 5.57 Å². The van der Waals surface area contributed by atoms with Crippen molar-refractivity contribution in [1.82, 2.24) is 0 Å². The zero-order valence-corrected chi connectivity index (χ0v) is 6.46. The van der Waals surface area contributed by atoms with E-state index in [4.69, 9.17) is 0 Å². The average Bonchev–Trinajstić information content (AvgIpc) is 2.02. The van der Waals surface area contributed by atoms with Gasteiger partial charge < -0.3 is 0 Å². The molecule has 0 saturated heterocycles. The Kier molecular flexibility index (Phi) is 3.81. The van der Waals surface area contributed by atoms with E-state index in [2.05, 4.69) is 13.2 Å². The van der Waals surface area contributed by atoms with Gasteiger partial charge in [-0.3, -0.25) is 9.59 Å². The third kappa shape index (κ3) is 3.30. The molecule has 0 aliphatic rings. The van der Waals surface area contributed by atoms with Crippen molar-refractivity contribution in [1.29, 1.82) is 0 Å². The fraction of sp³-hybridized carbons (Fsp3) is 0.111. The summed E-state index contributed by atoms with van der Waals surface area (Å²) in [5, 5.41) is 0. The minimum Gasteiger partial charge on any atom is -0.290 e. The highest BCUT2D eigenvalue weighted by molar-refractivity contribution is 6.09.